The number of carbonyl (C=O) groups excluding carboxylic acids is 2. The average Bonchev–Trinajstić information content (AvgIpc) is 2.68. The van der Waals surface area contributed by atoms with Gasteiger partial charge in [-0.2, -0.15) is 0 Å². The van der Waals surface area contributed by atoms with Crippen LogP contribution in [0.15, 0.2) is 60.7 Å². The maximum absolute atomic E-state index is 12.5. The summed E-state index contributed by atoms with van der Waals surface area (Å²) in [6, 6.07) is 19.7. The Balaban J connectivity index is 1.49. The lowest BCUT2D eigenvalue weighted by Crippen LogP contribution is -2.43. The Morgan fingerprint density at radius 2 is 1.77 bits per heavy atom. The maximum atomic E-state index is 12.5. The molecule has 0 bridgehead atoms. The first kappa shape index (κ1) is 18.2. The minimum Gasteiger partial charge on any atom is -0.342 e. The van der Waals surface area contributed by atoms with Crippen LogP contribution >= 0.6 is 0 Å². The number of piperidine rings is 1. The topological polar surface area (TPSA) is 49.4 Å². The fourth-order valence-electron chi connectivity index (χ4n) is 3.47. The largest absolute Gasteiger partial charge is 0.342 e. The van der Waals surface area contributed by atoms with Gasteiger partial charge in [-0.05, 0) is 36.5 Å². The van der Waals surface area contributed by atoms with E-state index in [0.717, 1.165) is 31.6 Å². The van der Waals surface area contributed by atoms with Gasteiger partial charge in [-0.25, -0.2) is 0 Å². The standard InChI is InChI=1S/C22H26N2O2/c1-17(22(26)23-20-10-6-3-7-11-20)19-13-15-24(21(25)16-19)14-12-18-8-4-2-5-9-18/h2-11,17,19H,12-16H2,1H3,(H,23,26). The predicted octanol–water partition coefficient (Wildman–Crippen LogP) is 3.74. The number of hydrogen-bond donors (Lipinski definition) is 1. The summed E-state index contributed by atoms with van der Waals surface area (Å²) in [6.07, 6.45) is 2.21. The number of nitrogens with one attached hydrogen (secondary N) is 1. The van der Waals surface area contributed by atoms with Gasteiger partial charge in [0.25, 0.3) is 0 Å². The van der Waals surface area contributed by atoms with Gasteiger partial charge < -0.3 is 10.2 Å². The molecule has 2 aromatic rings. The molecule has 0 aliphatic carbocycles. The Kier molecular flexibility index (Phi) is 6.05. The fraction of sp³-hybridized carbons (Fsp3) is 0.364. The second-order valence-corrected chi connectivity index (χ2v) is 7.01. The monoisotopic (exact) mass is 350 g/mol. The van der Waals surface area contributed by atoms with Gasteiger partial charge in [0.05, 0.1) is 0 Å². The fourth-order valence-corrected chi connectivity index (χ4v) is 3.47. The second kappa shape index (κ2) is 8.65. The highest BCUT2D eigenvalue weighted by Gasteiger charge is 2.32. The van der Waals surface area contributed by atoms with Gasteiger partial charge in [0.2, 0.25) is 11.8 Å². The molecular weight excluding hydrogens is 324 g/mol. The third-order valence-electron chi connectivity index (χ3n) is 5.23. The van der Waals surface area contributed by atoms with Crippen molar-refractivity contribution in [1.82, 2.24) is 4.90 Å². The average molecular weight is 350 g/mol. The molecule has 1 heterocycles. The van der Waals surface area contributed by atoms with E-state index in [1.807, 2.05) is 60.4 Å². The highest BCUT2D eigenvalue weighted by molar-refractivity contribution is 5.93. The zero-order valence-corrected chi connectivity index (χ0v) is 15.2. The van der Waals surface area contributed by atoms with Crippen LogP contribution in [0.1, 0.15) is 25.3 Å². The molecule has 2 atom stereocenters. The zero-order chi connectivity index (χ0) is 18.4. The van der Waals surface area contributed by atoms with E-state index in [2.05, 4.69) is 17.4 Å². The first-order valence-corrected chi connectivity index (χ1v) is 9.31. The van der Waals surface area contributed by atoms with E-state index < -0.39 is 0 Å². The highest BCUT2D eigenvalue weighted by Crippen LogP contribution is 2.27. The van der Waals surface area contributed by atoms with Crippen LogP contribution in [0.5, 0.6) is 0 Å². The highest BCUT2D eigenvalue weighted by atomic mass is 16.2. The van der Waals surface area contributed by atoms with Gasteiger partial charge >= 0.3 is 0 Å². The van der Waals surface area contributed by atoms with Crippen LogP contribution in [0.25, 0.3) is 0 Å². The van der Waals surface area contributed by atoms with Crippen molar-refractivity contribution >= 4 is 17.5 Å². The van der Waals surface area contributed by atoms with Crippen molar-refractivity contribution in [3.05, 3.63) is 66.2 Å². The summed E-state index contributed by atoms with van der Waals surface area (Å²) in [5.74, 6) is 0.0953. The lowest BCUT2D eigenvalue weighted by Gasteiger charge is -2.34. The maximum Gasteiger partial charge on any atom is 0.227 e. The number of likely N-dealkylation sites (tertiary alicyclic amines) is 1. The molecule has 1 N–H and O–H groups in total. The molecule has 1 aliphatic rings. The van der Waals surface area contributed by atoms with Crippen LogP contribution < -0.4 is 5.32 Å². The molecule has 2 aromatic carbocycles. The van der Waals surface area contributed by atoms with Crippen molar-refractivity contribution in [2.75, 3.05) is 18.4 Å². The van der Waals surface area contributed by atoms with Gasteiger partial charge in [-0.1, -0.05) is 55.5 Å². The lowest BCUT2D eigenvalue weighted by atomic mass is 9.84. The minimum atomic E-state index is -0.171. The Morgan fingerprint density at radius 1 is 1.12 bits per heavy atom. The molecule has 2 unspecified atom stereocenters. The van der Waals surface area contributed by atoms with Crippen LogP contribution in [0.3, 0.4) is 0 Å². The molecule has 4 heteroatoms. The lowest BCUT2D eigenvalue weighted by molar-refractivity contribution is -0.136. The van der Waals surface area contributed by atoms with Gasteiger partial charge in [0, 0.05) is 31.1 Å². The first-order valence-electron chi connectivity index (χ1n) is 9.31. The van der Waals surface area contributed by atoms with Crippen LogP contribution in [0, 0.1) is 11.8 Å². The SMILES string of the molecule is CC(C(=O)Nc1ccccc1)C1CCN(CCc2ccccc2)C(=O)C1. The summed E-state index contributed by atoms with van der Waals surface area (Å²) < 4.78 is 0. The molecule has 4 nitrogen and oxygen atoms in total. The van der Waals surface area contributed by atoms with Crippen molar-refractivity contribution in [2.45, 2.75) is 26.2 Å². The summed E-state index contributed by atoms with van der Waals surface area (Å²) >= 11 is 0. The number of rotatable bonds is 6. The molecule has 1 aliphatic heterocycles. The molecule has 0 spiro atoms. The number of nitrogens with zero attached hydrogens (tertiary/aromatic N) is 1. The normalized spacial score (nSPS) is 18.4. The van der Waals surface area contributed by atoms with Gasteiger partial charge in [0.1, 0.15) is 0 Å². The van der Waals surface area contributed by atoms with Crippen molar-refractivity contribution < 1.29 is 9.59 Å². The van der Waals surface area contributed by atoms with Crippen molar-refractivity contribution in [1.29, 1.82) is 0 Å². The third-order valence-corrected chi connectivity index (χ3v) is 5.23. The molecule has 0 saturated carbocycles. The van der Waals surface area contributed by atoms with E-state index in [9.17, 15) is 9.59 Å². The van der Waals surface area contributed by atoms with E-state index in [-0.39, 0.29) is 23.7 Å². The van der Waals surface area contributed by atoms with E-state index in [4.69, 9.17) is 0 Å². The van der Waals surface area contributed by atoms with Crippen molar-refractivity contribution in [2.24, 2.45) is 11.8 Å². The molecule has 0 aromatic heterocycles. The summed E-state index contributed by atoms with van der Waals surface area (Å²) in [4.78, 5) is 26.9. The summed E-state index contributed by atoms with van der Waals surface area (Å²) in [6.45, 7) is 3.41. The molecule has 1 fully saturated rings. The van der Waals surface area contributed by atoms with Crippen LogP contribution in [0.4, 0.5) is 5.69 Å². The second-order valence-electron chi connectivity index (χ2n) is 7.01. The Morgan fingerprint density at radius 3 is 2.42 bits per heavy atom. The zero-order valence-electron chi connectivity index (χ0n) is 15.2. The van der Waals surface area contributed by atoms with E-state index >= 15 is 0 Å². The summed E-state index contributed by atoms with van der Waals surface area (Å²) in [5, 5.41) is 2.95. The van der Waals surface area contributed by atoms with Gasteiger partial charge in [-0.3, -0.25) is 9.59 Å². The molecule has 1 saturated heterocycles. The molecule has 26 heavy (non-hydrogen) atoms. The molecule has 0 radical (unpaired) electrons. The molecule has 136 valence electrons. The summed E-state index contributed by atoms with van der Waals surface area (Å²) in [5.41, 5.74) is 2.05. The quantitative estimate of drug-likeness (QED) is 0.863. The summed E-state index contributed by atoms with van der Waals surface area (Å²) in [7, 11) is 0. The predicted molar refractivity (Wildman–Crippen MR) is 104 cm³/mol. The van der Waals surface area contributed by atoms with Crippen molar-refractivity contribution in [3.8, 4) is 0 Å². The number of benzene rings is 2. The van der Waals surface area contributed by atoms with E-state index in [1.54, 1.807) is 0 Å². The number of anilines is 1. The van der Waals surface area contributed by atoms with E-state index in [1.165, 1.54) is 5.56 Å². The molecule has 3 rings (SSSR count). The van der Waals surface area contributed by atoms with Crippen LogP contribution in [-0.2, 0) is 16.0 Å². The van der Waals surface area contributed by atoms with Gasteiger partial charge in [0.15, 0.2) is 0 Å². The number of carbonyl (C=O) groups is 2. The molecular formula is C22H26N2O2. The van der Waals surface area contributed by atoms with Crippen LogP contribution in [0.2, 0.25) is 0 Å². The van der Waals surface area contributed by atoms with E-state index in [0.29, 0.717) is 6.42 Å². The smallest absolute Gasteiger partial charge is 0.227 e. The van der Waals surface area contributed by atoms with Crippen LogP contribution in [-0.4, -0.2) is 29.8 Å². The van der Waals surface area contributed by atoms with Gasteiger partial charge in [-0.15, -0.1) is 0 Å². The Bertz CT molecular complexity index is 730. The number of amides is 2. The van der Waals surface area contributed by atoms with Crippen molar-refractivity contribution in [3.63, 3.8) is 0 Å². The number of para-hydroxylation sites is 1. The minimum absolute atomic E-state index is 0.00765. The molecule has 2 amide bonds. The third kappa shape index (κ3) is 4.72. The first-order chi connectivity index (χ1) is 12.6. The Hall–Kier alpha value is -2.62. The Labute approximate surface area is 155 Å². The number of hydrogen-bond acceptors (Lipinski definition) is 2.